The highest BCUT2D eigenvalue weighted by Gasteiger charge is 2.32. The number of likely N-dealkylation sites (tertiary alicyclic amines) is 1. The van der Waals surface area contributed by atoms with Gasteiger partial charge in [-0.1, -0.05) is 30.3 Å². The fourth-order valence-electron chi connectivity index (χ4n) is 2.84. The molecule has 1 amide bonds. The second kappa shape index (κ2) is 8.29. The lowest BCUT2D eigenvalue weighted by Gasteiger charge is -2.38. The van der Waals surface area contributed by atoms with Crippen molar-refractivity contribution in [2.24, 2.45) is 0 Å². The minimum absolute atomic E-state index is 0.0327. The number of carbonyl (C=O) groups is 1. The first-order chi connectivity index (χ1) is 12.2. The summed E-state index contributed by atoms with van der Waals surface area (Å²) in [4.78, 5) is 18.1. The van der Waals surface area contributed by atoms with Crippen molar-refractivity contribution >= 4 is 5.91 Å². The van der Waals surface area contributed by atoms with Crippen molar-refractivity contribution in [2.45, 2.75) is 31.8 Å². The quantitative estimate of drug-likeness (QED) is 0.730. The molecular formula is C20H21N3O2. The van der Waals surface area contributed by atoms with Crippen LogP contribution in [0.2, 0.25) is 0 Å². The van der Waals surface area contributed by atoms with Crippen LogP contribution in [0.5, 0.6) is 5.88 Å². The summed E-state index contributed by atoms with van der Waals surface area (Å²) in [7, 11) is 0. The van der Waals surface area contributed by atoms with Crippen molar-refractivity contribution in [1.29, 1.82) is 5.26 Å². The van der Waals surface area contributed by atoms with Crippen LogP contribution >= 0.6 is 0 Å². The number of pyridine rings is 1. The minimum Gasteiger partial charge on any atom is -0.471 e. The van der Waals surface area contributed by atoms with Gasteiger partial charge >= 0.3 is 0 Å². The van der Waals surface area contributed by atoms with E-state index >= 15 is 0 Å². The molecule has 1 aliphatic rings. The van der Waals surface area contributed by atoms with E-state index in [1.54, 1.807) is 18.3 Å². The zero-order valence-corrected chi connectivity index (χ0v) is 14.1. The van der Waals surface area contributed by atoms with E-state index in [0.29, 0.717) is 31.0 Å². The molecule has 2 heterocycles. The number of aryl methyl sites for hydroxylation is 1. The van der Waals surface area contributed by atoms with E-state index in [9.17, 15) is 4.79 Å². The molecule has 0 atom stereocenters. The number of unbranched alkanes of at least 4 members (excludes halogenated alkanes) is 1. The molecule has 0 radical (unpaired) electrons. The summed E-state index contributed by atoms with van der Waals surface area (Å²) in [6.45, 7) is 1.19. The molecule has 1 aromatic heterocycles. The van der Waals surface area contributed by atoms with Crippen LogP contribution in [0.1, 0.15) is 30.4 Å². The monoisotopic (exact) mass is 335 g/mol. The Labute approximate surface area is 147 Å². The van der Waals surface area contributed by atoms with Crippen LogP contribution in [0.4, 0.5) is 0 Å². The number of aromatic nitrogens is 1. The topological polar surface area (TPSA) is 66.2 Å². The van der Waals surface area contributed by atoms with E-state index in [-0.39, 0.29) is 12.0 Å². The van der Waals surface area contributed by atoms with Gasteiger partial charge in [-0.15, -0.1) is 0 Å². The molecule has 1 saturated heterocycles. The van der Waals surface area contributed by atoms with Crippen molar-refractivity contribution < 1.29 is 9.53 Å². The highest BCUT2D eigenvalue weighted by Crippen LogP contribution is 2.18. The van der Waals surface area contributed by atoms with Crippen LogP contribution in [0.25, 0.3) is 0 Å². The molecule has 1 aromatic carbocycles. The van der Waals surface area contributed by atoms with Crippen LogP contribution in [-0.2, 0) is 11.2 Å². The number of nitriles is 1. The molecule has 1 fully saturated rings. The summed E-state index contributed by atoms with van der Waals surface area (Å²) in [5.41, 5.74) is 1.84. The lowest BCUT2D eigenvalue weighted by molar-refractivity contribution is -0.140. The van der Waals surface area contributed by atoms with Gasteiger partial charge in [-0.25, -0.2) is 4.98 Å². The summed E-state index contributed by atoms with van der Waals surface area (Å²) < 4.78 is 5.70. The Kier molecular flexibility index (Phi) is 5.63. The third-order valence-electron chi connectivity index (χ3n) is 4.30. The molecule has 2 aromatic rings. The second-order valence-electron chi connectivity index (χ2n) is 6.23. The highest BCUT2D eigenvalue weighted by molar-refractivity contribution is 5.77. The molecular weight excluding hydrogens is 314 g/mol. The van der Waals surface area contributed by atoms with Crippen molar-refractivity contribution in [2.75, 3.05) is 13.1 Å². The van der Waals surface area contributed by atoms with Crippen molar-refractivity contribution in [3.05, 3.63) is 59.8 Å². The molecule has 0 N–H and O–H groups in total. The molecule has 0 saturated carbocycles. The van der Waals surface area contributed by atoms with E-state index < -0.39 is 0 Å². The first kappa shape index (κ1) is 17.0. The molecule has 1 aliphatic heterocycles. The zero-order chi connectivity index (χ0) is 17.5. The highest BCUT2D eigenvalue weighted by atomic mass is 16.5. The Morgan fingerprint density at radius 1 is 1.24 bits per heavy atom. The molecule has 0 unspecified atom stereocenters. The van der Waals surface area contributed by atoms with Gasteiger partial charge in [0, 0.05) is 18.7 Å². The van der Waals surface area contributed by atoms with Crippen LogP contribution in [-0.4, -0.2) is 35.0 Å². The van der Waals surface area contributed by atoms with Crippen molar-refractivity contribution in [1.82, 2.24) is 9.88 Å². The summed E-state index contributed by atoms with van der Waals surface area (Å²) in [6.07, 6.45) is 5.05. The van der Waals surface area contributed by atoms with Gasteiger partial charge in [0.05, 0.1) is 24.7 Å². The lowest BCUT2D eigenvalue weighted by Crippen LogP contribution is -2.56. The molecule has 0 aliphatic carbocycles. The molecule has 0 spiro atoms. The van der Waals surface area contributed by atoms with Gasteiger partial charge in [-0.2, -0.15) is 5.26 Å². The lowest BCUT2D eigenvalue weighted by atomic mass is 10.1. The van der Waals surface area contributed by atoms with Crippen molar-refractivity contribution in [3.8, 4) is 11.9 Å². The molecule has 5 nitrogen and oxygen atoms in total. The van der Waals surface area contributed by atoms with Crippen LogP contribution in [0, 0.1) is 11.3 Å². The Hall–Kier alpha value is -2.87. The Balaban J connectivity index is 1.33. The Morgan fingerprint density at radius 3 is 2.80 bits per heavy atom. The van der Waals surface area contributed by atoms with Crippen LogP contribution in [0.3, 0.4) is 0 Å². The van der Waals surface area contributed by atoms with E-state index in [2.05, 4.69) is 23.2 Å². The van der Waals surface area contributed by atoms with Gasteiger partial charge in [0.15, 0.2) is 0 Å². The van der Waals surface area contributed by atoms with E-state index in [1.165, 1.54) is 5.56 Å². The molecule has 25 heavy (non-hydrogen) atoms. The number of hydrogen-bond acceptors (Lipinski definition) is 4. The Morgan fingerprint density at radius 2 is 2.04 bits per heavy atom. The number of ether oxygens (including phenoxy) is 1. The molecule has 0 bridgehead atoms. The third kappa shape index (κ3) is 4.80. The van der Waals surface area contributed by atoms with E-state index in [4.69, 9.17) is 10.00 Å². The predicted octanol–water partition coefficient (Wildman–Crippen LogP) is 2.96. The molecule has 3 rings (SSSR count). The maximum atomic E-state index is 12.1. The van der Waals surface area contributed by atoms with Gasteiger partial charge in [-0.3, -0.25) is 4.79 Å². The first-order valence-electron chi connectivity index (χ1n) is 8.59. The van der Waals surface area contributed by atoms with Gasteiger partial charge in [0.25, 0.3) is 0 Å². The first-order valence-corrected chi connectivity index (χ1v) is 8.59. The van der Waals surface area contributed by atoms with Gasteiger partial charge in [-0.05, 0) is 30.9 Å². The van der Waals surface area contributed by atoms with Crippen LogP contribution in [0.15, 0.2) is 48.7 Å². The second-order valence-corrected chi connectivity index (χ2v) is 6.23. The van der Waals surface area contributed by atoms with Gasteiger partial charge in [0.2, 0.25) is 11.8 Å². The predicted molar refractivity (Wildman–Crippen MR) is 93.9 cm³/mol. The maximum absolute atomic E-state index is 12.1. The van der Waals surface area contributed by atoms with E-state index in [0.717, 1.165) is 19.3 Å². The number of carbonyl (C=O) groups excluding carboxylic acids is 1. The number of rotatable bonds is 7. The van der Waals surface area contributed by atoms with Gasteiger partial charge < -0.3 is 9.64 Å². The van der Waals surface area contributed by atoms with Crippen LogP contribution < -0.4 is 4.74 Å². The average molecular weight is 335 g/mol. The smallest absolute Gasteiger partial charge is 0.222 e. The normalized spacial score (nSPS) is 13.8. The maximum Gasteiger partial charge on any atom is 0.222 e. The third-order valence-corrected chi connectivity index (χ3v) is 4.30. The summed E-state index contributed by atoms with van der Waals surface area (Å²) in [5.74, 6) is 0.630. The average Bonchev–Trinajstić information content (AvgIpc) is 2.62. The number of amides is 1. The van der Waals surface area contributed by atoms with Gasteiger partial charge in [0.1, 0.15) is 6.10 Å². The minimum atomic E-state index is -0.0327. The summed E-state index contributed by atoms with van der Waals surface area (Å²) >= 11 is 0. The zero-order valence-electron chi connectivity index (χ0n) is 14.1. The number of nitrogens with zero attached hydrogens (tertiary/aromatic N) is 3. The fourth-order valence-corrected chi connectivity index (χ4v) is 2.84. The van der Waals surface area contributed by atoms with Crippen molar-refractivity contribution in [3.63, 3.8) is 0 Å². The summed E-state index contributed by atoms with van der Waals surface area (Å²) in [6, 6.07) is 15.7. The molecule has 5 heteroatoms. The fraction of sp³-hybridized carbons (Fsp3) is 0.350. The summed E-state index contributed by atoms with van der Waals surface area (Å²) in [5, 5.41) is 8.87. The molecule has 128 valence electrons. The Bertz CT molecular complexity index is 749. The number of hydrogen-bond donors (Lipinski definition) is 0. The standard InChI is InChI=1S/C20H21N3O2/c21-13-17-10-11-22-19(12-17)25-18-14-23(15-18)20(24)9-5-4-8-16-6-2-1-3-7-16/h1-3,6-7,10-12,18H,4-5,8-9,14-15H2. The van der Waals surface area contributed by atoms with E-state index in [1.807, 2.05) is 23.1 Å². The largest absolute Gasteiger partial charge is 0.471 e. The number of benzene rings is 1. The SMILES string of the molecule is N#Cc1ccnc(OC2CN(C(=O)CCCCc3ccccc3)C2)c1.